The number of carbonyl (C=O) groups is 3. The number of ketones is 1. The maximum atomic E-state index is 13.9. The van der Waals surface area contributed by atoms with Crippen LogP contribution >= 0.6 is 0 Å². The van der Waals surface area contributed by atoms with E-state index in [4.69, 9.17) is 9.47 Å². The van der Waals surface area contributed by atoms with Gasteiger partial charge in [-0.15, -0.1) is 0 Å². The molecular weight excluding hydrogens is 528 g/mol. The van der Waals surface area contributed by atoms with Crippen LogP contribution in [0, 0.1) is 50.2 Å². The van der Waals surface area contributed by atoms with Crippen molar-refractivity contribution < 1.29 is 23.9 Å². The van der Waals surface area contributed by atoms with E-state index < -0.39 is 23.0 Å². The van der Waals surface area contributed by atoms with Crippen molar-refractivity contribution in [3.8, 4) is 0 Å². The highest BCUT2D eigenvalue weighted by atomic mass is 16.6. The molecule has 7 nitrogen and oxygen atoms in total. The molecular formula is C35H50N2O5. The molecule has 0 radical (unpaired) electrons. The third-order valence-electron chi connectivity index (χ3n) is 13.9. The maximum absolute atomic E-state index is 13.9. The van der Waals surface area contributed by atoms with E-state index in [0.717, 1.165) is 51.4 Å². The van der Waals surface area contributed by atoms with E-state index in [9.17, 15) is 14.4 Å². The van der Waals surface area contributed by atoms with Crippen LogP contribution in [-0.2, 0) is 19.1 Å². The quantitative estimate of drug-likeness (QED) is 0.269. The van der Waals surface area contributed by atoms with Gasteiger partial charge in [-0.2, -0.15) is 0 Å². The van der Waals surface area contributed by atoms with Crippen molar-refractivity contribution in [2.24, 2.45) is 50.2 Å². The Labute approximate surface area is 251 Å². The van der Waals surface area contributed by atoms with Crippen molar-refractivity contribution in [2.75, 3.05) is 7.11 Å². The van der Waals surface area contributed by atoms with Gasteiger partial charge in [0.1, 0.15) is 6.33 Å². The summed E-state index contributed by atoms with van der Waals surface area (Å²) in [6.45, 7) is 16.2. The minimum atomic E-state index is -0.783. The highest BCUT2D eigenvalue weighted by Crippen LogP contribution is 2.75. The third kappa shape index (κ3) is 3.83. The zero-order chi connectivity index (χ0) is 30.5. The fourth-order valence-electron chi connectivity index (χ4n) is 11.4. The van der Waals surface area contributed by atoms with Crippen LogP contribution < -0.4 is 0 Å². The Kier molecular flexibility index (Phi) is 6.55. The smallest absolute Gasteiger partial charge is 0.419 e. The van der Waals surface area contributed by atoms with E-state index in [0.29, 0.717) is 12.3 Å². The number of carbonyl (C=O) groups excluding carboxylic acids is 3. The number of hydrogen-bond acceptors (Lipinski definition) is 6. The molecule has 1 heterocycles. The van der Waals surface area contributed by atoms with E-state index in [1.807, 2.05) is 0 Å². The number of fused-ring (bicyclic) bond motifs is 7. The first kappa shape index (κ1) is 29.6. The standard InChI is InChI=1S/C35H50N2O5/c1-30(2)13-15-35(28(39)41-8)16-14-33(6)22(23(35)19-30)9-10-26-32(5)20-24(42-29(40)37-18-17-36-21-37)27(38)31(3,4)25(32)11-12-34(26,33)7/h9,17-18,21,23-26H,10-16,19-20H2,1-8H3/t23-,24+,25-,26+,32-,33+,34+,35-/m0/s1. The zero-order valence-electron chi connectivity index (χ0n) is 26.9. The molecule has 0 N–H and O–H groups in total. The van der Waals surface area contributed by atoms with Crippen LogP contribution in [0.5, 0.6) is 0 Å². The van der Waals surface area contributed by atoms with Crippen LogP contribution in [0.15, 0.2) is 30.4 Å². The molecule has 0 unspecified atom stereocenters. The number of rotatable bonds is 2. The second-order valence-electron chi connectivity index (χ2n) is 16.5. The molecule has 1 aromatic rings. The van der Waals surface area contributed by atoms with Gasteiger partial charge in [0.25, 0.3) is 0 Å². The van der Waals surface area contributed by atoms with Gasteiger partial charge < -0.3 is 9.47 Å². The summed E-state index contributed by atoms with van der Waals surface area (Å²) in [4.78, 5) is 44.3. The Bertz CT molecular complexity index is 1330. The monoisotopic (exact) mass is 578 g/mol. The molecule has 8 atom stereocenters. The fraction of sp³-hybridized carbons (Fsp3) is 0.771. The maximum Gasteiger partial charge on any atom is 0.419 e. The molecule has 0 bridgehead atoms. The predicted molar refractivity (Wildman–Crippen MR) is 159 cm³/mol. The number of esters is 1. The lowest BCUT2D eigenvalue weighted by atomic mass is 9.33. The first-order valence-corrected chi connectivity index (χ1v) is 16.1. The van der Waals surface area contributed by atoms with E-state index in [1.165, 1.54) is 22.7 Å². The van der Waals surface area contributed by atoms with Crippen LogP contribution in [0.4, 0.5) is 4.79 Å². The number of aromatic nitrogens is 2. The lowest BCUT2D eigenvalue weighted by Crippen LogP contribution is -2.66. The number of nitrogens with zero attached hydrogens (tertiary/aromatic N) is 2. The summed E-state index contributed by atoms with van der Waals surface area (Å²) in [5.74, 6) is 0.753. The van der Waals surface area contributed by atoms with Crippen LogP contribution in [-0.4, -0.2) is 40.6 Å². The van der Waals surface area contributed by atoms with Crippen molar-refractivity contribution in [2.45, 2.75) is 112 Å². The molecule has 0 amide bonds. The molecule has 230 valence electrons. The fourth-order valence-corrected chi connectivity index (χ4v) is 11.4. The van der Waals surface area contributed by atoms with Gasteiger partial charge in [-0.05, 0) is 97.2 Å². The lowest BCUT2D eigenvalue weighted by Gasteiger charge is -2.70. The molecule has 4 saturated carbocycles. The van der Waals surface area contributed by atoms with Gasteiger partial charge >= 0.3 is 12.1 Å². The molecule has 0 saturated heterocycles. The lowest BCUT2D eigenvalue weighted by molar-refractivity contribution is -0.201. The highest BCUT2D eigenvalue weighted by molar-refractivity contribution is 5.91. The molecule has 5 aliphatic carbocycles. The number of methoxy groups -OCH3 is 1. The molecule has 4 fully saturated rings. The summed E-state index contributed by atoms with van der Waals surface area (Å²) in [5.41, 5.74) is 0.420. The van der Waals surface area contributed by atoms with Crippen LogP contribution in [0.2, 0.25) is 0 Å². The van der Waals surface area contributed by atoms with Crippen LogP contribution in [0.3, 0.4) is 0 Å². The molecule has 6 rings (SSSR count). The average molecular weight is 579 g/mol. The second-order valence-corrected chi connectivity index (χ2v) is 16.5. The zero-order valence-corrected chi connectivity index (χ0v) is 26.9. The van der Waals surface area contributed by atoms with Gasteiger partial charge in [0.15, 0.2) is 11.9 Å². The molecule has 42 heavy (non-hydrogen) atoms. The minimum Gasteiger partial charge on any atom is -0.469 e. The van der Waals surface area contributed by atoms with E-state index in [-0.39, 0.29) is 45.2 Å². The summed E-state index contributed by atoms with van der Waals surface area (Å²) in [5, 5.41) is 0. The second kappa shape index (κ2) is 9.28. The summed E-state index contributed by atoms with van der Waals surface area (Å²) in [6.07, 6.45) is 14.0. The number of imidazole rings is 1. The Balaban J connectivity index is 1.40. The van der Waals surface area contributed by atoms with Crippen molar-refractivity contribution >= 4 is 17.8 Å². The van der Waals surface area contributed by atoms with Crippen molar-refractivity contribution in [3.63, 3.8) is 0 Å². The first-order valence-electron chi connectivity index (χ1n) is 16.1. The van der Waals surface area contributed by atoms with Crippen LogP contribution in [0.1, 0.15) is 106 Å². The third-order valence-corrected chi connectivity index (χ3v) is 13.9. The van der Waals surface area contributed by atoms with Gasteiger partial charge in [-0.1, -0.05) is 60.1 Å². The molecule has 1 aromatic heterocycles. The molecule has 7 heteroatoms. The van der Waals surface area contributed by atoms with E-state index in [2.05, 4.69) is 59.5 Å². The van der Waals surface area contributed by atoms with Gasteiger partial charge in [-0.25, -0.2) is 14.3 Å². The summed E-state index contributed by atoms with van der Waals surface area (Å²) in [6, 6.07) is 0. The van der Waals surface area contributed by atoms with Gasteiger partial charge in [0.2, 0.25) is 0 Å². The normalized spacial score (nSPS) is 43.5. The van der Waals surface area contributed by atoms with E-state index in [1.54, 1.807) is 13.3 Å². The van der Waals surface area contributed by atoms with Gasteiger partial charge in [-0.3, -0.25) is 9.59 Å². The number of Topliss-reactive ketones (excluding diaryl/α,β-unsaturated/α-hetero) is 1. The molecule has 5 aliphatic rings. The summed E-state index contributed by atoms with van der Waals surface area (Å²) >= 11 is 0. The summed E-state index contributed by atoms with van der Waals surface area (Å²) in [7, 11) is 1.55. The summed E-state index contributed by atoms with van der Waals surface area (Å²) < 4.78 is 12.8. The van der Waals surface area contributed by atoms with Crippen molar-refractivity contribution in [1.29, 1.82) is 0 Å². The van der Waals surface area contributed by atoms with Crippen LogP contribution in [0.25, 0.3) is 0 Å². The predicted octanol–water partition coefficient (Wildman–Crippen LogP) is 7.39. The minimum absolute atomic E-state index is 0.00156. The molecule has 0 aromatic carbocycles. The Hall–Kier alpha value is -2.44. The van der Waals surface area contributed by atoms with E-state index >= 15 is 0 Å². The highest BCUT2D eigenvalue weighted by Gasteiger charge is 2.70. The Morgan fingerprint density at radius 3 is 2.33 bits per heavy atom. The Morgan fingerprint density at radius 2 is 1.67 bits per heavy atom. The van der Waals surface area contributed by atoms with Crippen molar-refractivity contribution in [1.82, 2.24) is 9.55 Å². The first-order chi connectivity index (χ1) is 19.6. The number of allylic oxidation sites excluding steroid dienone is 2. The molecule has 0 aliphatic heterocycles. The van der Waals surface area contributed by atoms with Gasteiger partial charge in [0, 0.05) is 17.8 Å². The van der Waals surface area contributed by atoms with Gasteiger partial charge in [0.05, 0.1) is 12.5 Å². The average Bonchev–Trinajstić information content (AvgIpc) is 3.47. The topological polar surface area (TPSA) is 87.5 Å². The molecule has 0 spiro atoms. The SMILES string of the molecule is COC(=O)[C@]12CCC(C)(C)C[C@H]1C1=CC[C@@H]3[C@@]4(C)C[C@@H](OC(=O)n5ccnc5)C(=O)C(C)(C)[C@@H]4CC[C@@]3(C)[C@]1(C)CC2. The Morgan fingerprint density at radius 1 is 0.952 bits per heavy atom. The van der Waals surface area contributed by atoms with Crippen molar-refractivity contribution in [3.05, 3.63) is 30.4 Å². The largest absolute Gasteiger partial charge is 0.469 e. The number of hydrogen-bond donors (Lipinski definition) is 0. The number of ether oxygens (including phenoxy) is 2.